The summed E-state index contributed by atoms with van der Waals surface area (Å²) in [4.78, 5) is 8.75. The Balaban J connectivity index is 1.80. The lowest BCUT2D eigenvalue weighted by Gasteiger charge is -2.30. The average molecular weight is 332 g/mol. The molecule has 1 aliphatic heterocycles. The van der Waals surface area contributed by atoms with Gasteiger partial charge in [0.15, 0.2) is 11.6 Å². The minimum absolute atomic E-state index is 0.0917. The molecule has 1 aliphatic rings. The van der Waals surface area contributed by atoms with Gasteiger partial charge in [-0.3, -0.25) is 4.98 Å². The molecule has 4 nitrogen and oxygen atoms in total. The van der Waals surface area contributed by atoms with Crippen molar-refractivity contribution in [3.63, 3.8) is 0 Å². The minimum Gasteiger partial charge on any atom is -0.326 e. The van der Waals surface area contributed by atoms with Gasteiger partial charge in [-0.15, -0.1) is 0 Å². The predicted octanol–water partition coefficient (Wildman–Crippen LogP) is 2.82. The first-order valence-corrected chi connectivity index (χ1v) is 7.66. The van der Waals surface area contributed by atoms with Gasteiger partial charge in [-0.2, -0.15) is 0 Å². The Morgan fingerprint density at radius 3 is 2.67 bits per heavy atom. The molecule has 0 unspecified atom stereocenters. The Bertz CT molecular complexity index is 951. The zero-order chi connectivity index (χ0) is 17.0. The van der Waals surface area contributed by atoms with Gasteiger partial charge in [0.25, 0.3) is 0 Å². The van der Waals surface area contributed by atoms with Crippen molar-refractivity contribution >= 4 is 11.0 Å². The maximum atomic E-state index is 14.1. The maximum absolute atomic E-state index is 14.1. The molecule has 3 aromatic rings. The van der Waals surface area contributed by atoms with Crippen molar-refractivity contribution in [3.8, 4) is 0 Å². The highest BCUT2D eigenvalue weighted by molar-refractivity contribution is 5.75. The van der Waals surface area contributed by atoms with E-state index in [4.69, 9.17) is 5.73 Å². The van der Waals surface area contributed by atoms with Gasteiger partial charge in [0.1, 0.15) is 17.2 Å². The fourth-order valence-electron chi connectivity index (χ4n) is 3.39. The highest BCUT2D eigenvalue weighted by Gasteiger charge is 2.32. The summed E-state index contributed by atoms with van der Waals surface area (Å²) in [5.41, 5.74) is 8.86. The molecule has 0 saturated carbocycles. The number of hydrogen-bond acceptors (Lipinski definition) is 3. The Morgan fingerprint density at radius 2 is 1.88 bits per heavy atom. The molecule has 24 heavy (non-hydrogen) atoms. The number of nitrogens with zero attached hydrogens (tertiary/aromatic N) is 3. The summed E-state index contributed by atoms with van der Waals surface area (Å²) in [5.74, 6) is -2.77. The van der Waals surface area contributed by atoms with Gasteiger partial charge in [-0.25, -0.2) is 18.2 Å². The zero-order valence-corrected chi connectivity index (χ0v) is 12.9. The first-order chi connectivity index (χ1) is 11.4. The van der Waals surface area contributed by atoms with Crippen LogP contribution in [0.5, 0.6) is 0 Å². The second-order valence-corrected chi connectivity index (χ2v) is 6.22. The van der Waals surface area contributed by atoms with Gasteiger partial charge >= 0.3 is 0 Å². The normalized spacial score (nSPS) is 20.4. The molecule has 0 spiro atoms. The van der Waals surface area contributed by atoms with E-state index in [1.165, 1.54) is 0 Å². The van der Waals surface area contributed by atoms with Crippen LogP contribution in [-0.2, 0) is 13.0 Å². The van der Waals surface area contributed by atoms with Crippen LogP contribution in [0.3, 0.4) is 0 Å². The van der Waals surface area contributed by atoms with Gasteiger partial charge in [-0.1, -0.05) is 0 Å². The van der Waals surface area contributed by atoms with E-state index in [1.54, 1.807) is 6.20 Å². The smallest absolute Gasteiger partial charge is 0.161 e. The number of imidazole rings is 1. The van der Waals surface area contributed by atoms with E-state index in [9.17, 15) is 13.2 Å². The molecule has 2 aromatic heterocycles. The van der Waals surface area contributed by atoms with Gasteiger partial charge in [0.05, 0.1) is 11.7 Å². The second-order valence-electron chi connectivity index (χ2n) is 6.22. The molecule has 7 heteroatoms. The van der Waals surface area contributed by atoms with Crippen LogP contribution >= 0.6 is 0 Å². The van der Waals surface area contributed by atoms with E-state index in [1.807, 2.05) is 17.6 Å². The van der Waals surface area contributed by atoms with E-state index in [-0.39, 0.29) is 5.56 Å². The second kappa shape index (κ2) is 5.31. The molecule has 0 saturated heterocycles. The summed E-state index contributed by atoms with van der Waals surface area (Å²) < 4.78 is 42.8. The molecule has 2 N–H and O–H groups in total. The molecule has 2 atom stereocenters. The van der Waals surface area contributed by atoms with Crippen molar-refractivity contribution in [2.45, 2.75) is 31.8 Å². The van der Waals surface area contributed by atoms with Crippen LogP contribution in [0.15, 0.2) is 24.4 Å². The molecule has 0 amide bonds. The molecular weight excluding hydrogens is 317 g/mol. The number of rotatable bonds is 1. The van der Waals surface area contributed by atoms with Crippen LogP contribution in [0.1, 0.15) is 23.0 Å². The number of pyridine rings is 1. The third-order valence-electron chi connectivity index (χ3n) is 4.60. The number of hydrogen-bond donors (Lipinski definition) is 1. The molecule has 124 valence electrons. The Hall–Kier alpha value is -2.41. The Morgan fingerprint density at radius 1 is 1.12 bits per heavy atom. The molecule has 0 aliphatic carbocycles. The third-order valence-corrected chi connectivity index (χ3v) is 4.60. The average Bonchev–Trinajstić information content (AvgIpc) is 2.87. The SMILES string of the molecule is Cc1cc2c(cn1)nc1n2C[C@@H](N)[C@H](c2cc(F)c(F)cc2F)C1. The summed E-state index contributed by atoms with van der Waals surface area (Å²) in [6.07, 6.45) is 2.05. The summed E-state index contributed by atoms with van der Waals surface area (Å²) in [7, 11) is 0. The van der Waals surface area contributed by atoms with Crippen molar-refractivity contribution in [1.29, 1.82) is 0 Å². The van der Waals surface area contributed by atoms with Crippen molar-refractivity contribution in [3.05, 3.63) is 58.9 Å². The summed E-state index contributed by atoms with van der Waals surface area (Å²) >= 11 is 0. The van der Waals surface area contributed by atoms with E-state index in [2.05, 4.69) is 9.97 Å². The van der Waals surface area contributed by atoms with E-state index in [0.717, 1.165) is 28.6 Å². The monoisotopic (exact) mass is 332 g/mol. The molecule has 3 heterocycles. The first-order valence-electron chi connectivity index (χ1n) is 7.66. The predicted molar refractivity (Wildman–Crippen MR) is 83.0 cm³/mol. The number of aromatic nitrogens is 3. The van der Waals surface area contributed by atoms with Crippen molar-refractivity contribution in [1.82, 2.24) is 14.5 Å². The van der Waals surface area contributed by atoms with E-state index >= 15 is 0 Å². The summed E-state index contributed by atoms with van der Waals surface area (Å²) in [6.45, 7) is 2.32. The van der Waals surface area contributed by atoms with Crippen LogP contribution < -0.4 is 5.73 Å². The fraction of sp³-hybridized carbons (Fsp3) is 0.294. The van der Waals surface area contributed by atoms with Crippen LogP contribution in [0.25, 0.3) is 11.0 Å². The van der Waals surface area contributed by atoms with E-state index in [0.29, 0.717) is 19.0 Å². The van der Waals surface area contributed by atoms with Crippen molar-refractivity contribution < 1.29 is 13.2 Å². The van der Waals surface area contributed by atoms with Gasteiger partial charge in [0, 0.05) is 36.7 Å². The van der Waals surface area contributed by atoms with Gasteiger partial charge in [-0.05, 0) is 24.6 Å². The molecule has 0 fully saturated rings. The molecule has 1 aromatic carbocycles. The lowest BCUT2D eigenvalue weighted by Crippen LogP contribution is -2.39. The van der Waals surface area contributed by atoms with Crippen molar-refractivity contribution in [2.75, 3.05) is 0 Å². The van der Waals surface area contributed by atoms with Crippen LogP contribution in [-0.4, -0.2) is 20.6 Å². The summed E-state index contributed by atoms with van der Waals surface area (Å²) in [5, 5.41) is 0. The standard InChI is InChI=1S/C17H15F3N4/c1-8-2-16-15(6-22-8)23-17-4-10(14(21)7-24(16)17)9-3-12(19)13(20)5-11(9)18/h2-3,5-6,10,14H,4,7,21H2,1H3/t10-,14+/m0/s1. The molecule has 0 bridgehead atoms. The van der Waals surface area contributed by atoms with Crippen molar-refractivity contribution in [2.24, 2.45) is 5.73 Å². The third kappa shape index (κ3) is 2.27. The quantitative estimate of drug-likeness (QED) is 0.697. The minimum atomic E-state index is -1.20. The van der Waals surface area contributed by atoms with Crippen LogP contribution in [0.4, 0.5) is 13.2 Å². The Kier molecular flexibility index (Phi) is 3.35. The highest BCUT2D eigenvalue weighted by atomic mass is 19.2. The first kappa shape index (κ1) is 15.1. The number of benzene rings is 1. The lowest BCUT2D eigenvalue weighted by atomic mass is 9.86. The van der Waals surface area contributed by atoms with Crippen LogP contribution in [0.2, 0.25) is 0 Å². The topological polar surface area (TPSA) is 56.7 Å². The number of fused-ring (bicyclic) bond motifs is 3. The highest BCUT2D eigenvalue weighted by Crippen LogP contribution is 2.33. The molecular formula is C17H15F3N4. The fourth-order valence-corrected chi connectivity index (χ4v) is 3.39. The van der Waals surface area contributed by atoms with Gasteiger partial charge < -0.3 is 10.3 Å². The maximum Gasteiger partial charge on any atom is 0.161 e. The lowest BCUT2D eigenvalue weighted by molar-refractivity contribution is 0.391. The van der Waals surface area contributed by atoms with Crippen LogP contribution in [0, 0.1) is 24.4 Å². The summed E-state index contributed by atoms with van der Waals surface area (Å²) in [6, 6.07) is 2.97. The number of nitrogens with two attached hydrogens (primary N) is 1. The number of halogens is 3. The van der Waals surface area contributed by atoms with E-state index < -0.39 is 29.4 Å². The number of aryl methyl sites for hydroxylation is 1. The molecule has 0 radical (unpaired) electrons. The zero-order valence-electron chi connectivity index (χ0n) is 12.9. The largest absolute Gasteiger partial charge is 0.326 e. The van der Waals surface area contributed by atoms with Gasteiger partial charge in [0.2, 0.25) is 0 Å². The Labute approximate surface area is 136 Å². The molecule has 4 rings (SSSR count).